The molecule has 0 aromatic heterocycles. The minimum Gasteiger partial charge on any atom is -0.444 e. The van der Waals surface area contributed by atoms with Gasteiger partial charge in [0.25, 0.3) is 0 Å². The Labute approximate surface area is 186 Å². The lowest BCUT2D eigenvalue weighted by molar-refractivity contribution is 0.0350. The first-order valence-electron chi connectivity index (χ1n) is 11.2. The van der Waals surface area contributed by atoms with Gasteiger partial charge in [0.15, 0.2) is 0 Å². The summed E-state index contributed by atoms with van der Waals surface area (Å²) < 4.78 is 5.45. The molecular formula is C26H36N2O3. The number of hydrogen-bond acceptors (Lipinski definition) is 4. The molecule has 1 aliphatic heterocycles. The molecule has 0 aliphatic carbocycles. The van der Waals surface area contributed by atoms with Crippen molar-refractivity contribution in [1.29, 1.82) is 0 Å². The number of β-amino-alcohol motifs (C(OH)–C–C–N with tert-alkyl or cyclic N) is 1. The molecule has 0 spiro atoms. The van der Waals surface area contributed by atoms with E-state index < -0.39 is 23.8 Å². The number of nitrogens with zero attached hydrogens (tertiary/aromatic N) is 1. The number of carbonyl (C=O) groups excluding carboxylic acids is 1. The summed E-state index contributed by atoms with van der Waals surface area (Å²) >= 11 is 0. The van der Waals surface area contributed by atoms with Gasteiger partial charge in [-0.3, -0.25) is 4.90 Å². The summed E-state index contributed by atoms with van der Waals surface area (Å²) in [5.41, 5.74) is 3.19. The topological polar surface area (TPSA) is 61.8 Å². The van der Waals surface area contributed by atoms with Crippen LogP contribution in [0.25, 0.3) is 0 Å². The molecule has 0 radical (unpaired) electrons. The first-order valence-corrected chi connectivity index (χ1v) is 11.2. The summed E-state index contributed by atoms with van der Waals surface area (Å²) in [6.45, 7) is 9.98. The number of aliphatic hydroxyl groups is 1. The van der Waals surface area contributed by atoms with E-state index in [0.717, 1.165) is 25.1 Å². The van der Waals surface area contributed by atoms with Crippen LogP contribution < -0.4 is 5.32 Å². The Bertz CT molecular complexity index is 847. The van der Waals surface area contributed by atoms with E-state index in [1.54, 1.807) is 0 Å². The van der Waals surface area contributed by atoms with Crippen LogP contribution in [0.2, 0.25) is 0 Å². The van der Waals surface area contributed by atoms with Crippen molar-refractivity contribution in [3.05, 3.63) is 71.3 Å². The molecule has 5 nitrogen and oxygen atoms in total. The number of alkyl carbamates (subject to hydrolysis) is 1. The molecule has 0 bridgehead atoms. The molecule has 0 fully saturated rings. The van der Waals surface area contributed by atoms with E-state index in [4.69, 9.17) is 4.74 Å². The third-order valence-electron chi connectivity index (χ3n) is 5.56. The average Bonchev–Trinajstić information content (AvgIpc) is 2.84. The van der Waals surface area contributed by atoms with Crippen molar-refractivity contribution in [2.24, 2.45) is 5.92 Å². The van der Waals surface area contributed by atoms with Crippen LogP contribution in [0, 0.1) is 5.92 Å². The highest BCUT2D eigenvalue weighted by Gasteiger charge is 2.28. The molecule has 1 amide bonds. The highest BCUT2D eigenvalue weighted by atomic mass is 16.6. The summed E-state index contributed by atoms with van der Waals surface area (Å²) in [7, 11) is 0. The van der Waals surface area contributed by atoms with Crippen LogP contribution in [-0.2, 0) is 24.1 Å². The van der Waals surface area contributed by atoms with Gasteiger partial charge >= 0.3 is 6.09 Å². The van der Waals surface area contributed by atoms with Crippen LogP contribution in [-0.4, -0.2) is 46.9 Å². The average molecular weight is 425 g/mol. The van der Waals surface area contributed by atoms with Gasteiger partial charge in [-0.05, 0) is 56.2 Å². The van der Waals surface area contributed by atoms with E-state index in [1.807, 2.05) is 51.1 Å². The summed E-state index contributed by atoms with van der Waals surface area (Å²) in [5.74, 6) is 0.502. The molecule has 2 aromatic carbocycles. The zero-order valence-corrected chi connectivity index (χ0v) is 19.2. The van der Waals surface area contributed by atoms with Gasteiger partial charge in [-0.15, -0.1) is 0 Å². The largest absolute Gasteiger partial charge is 0.444 e. The van der Waals surface area contributed by atoms with Crippen molar-refractivity contribution in [3.63, 3.8) is 0 Å². The molecule has 1 heterocycles. The maximum atomic E-state index is 12.5. The number of rotatable bonds is 6. The summed E-state index contributed by atoms with van der Waals surface area (Å²) in [4.78, 5) is 14.8. The third-order valence-corrected chi connectivity index (χ3v) is 5.56. The standard InChI is InChI=1S/C26H36N2O3/c1-19-14-21-12-8-9-13-22(21)17-28(16-19)18-24(29)23(15-20-10-6-5-7-11-20)27-25(30)31-26(2,3)4/h5-13,19,23-24,29H,14-18H2,1-4H3,(H,27,30)/t19?,23-,24+/m0/s1. The first kappa shape index (κ1) is 23.3. The molecular weight excluding hydrogens is 388 g/mol. The van der Waals surface area contributed by atoms with E-state index in [2.05, 4.69) is 41.4 Å². The van der Waals surface area contributed by atoms with Gasteiger partial charge in [-0.25, -0.2) is 4.79 Å². The quantitative estimate of drug-likeness (QED) is 0.730. The summed E-state index contributed by atoms with van der Waals surface area (Å²) in [6.07, 6.45) is 0.375. The minimum atomic E-state index is -0.717. The van der Waals surface area contributed by atoms with Crippen LogP contribution in [0.3, 0.4) is 0 Å². The number of benzene rings is 2. The van der Waals surface area contributed by atoms with Crippen molar-refractivity contribution in [3.8, 4) is 0 Å². The maximum Gasteiger partial charge on any atom is 0.407 e. The van der Waals surface area contributed by atoms with Gasteiger partial charge < -0.3 is 15.2 Å². The van der Waals surface area contributed by atoms with Gasteiger partial charge in [0.2, 0.25) is 0 Å². The number of fused-ring (bicyclic) bond motifs is 1. The van der Waals surface area contributed by atoms with Crippen LogP contribution in [0.15, 0.2) is 54.6 Å². The number of hydrogen-bond donors (Lipinski definition) is 2. The van der Waals surface area contributed by atoms with Gasteiger partial charge in [0.05, 0.1) is 12.1 Å². The lowest BCUT2D eigenvalue weighted by atomic mass is 9.99. The highest BCUT2D eigenvalue weighted by Crippen LogP contribution is 2.22. The van der Waals surface area contributed by atoms with E-state index in [0.29, 0.717) is 18.9 Å². The number of carbonyl (C=O) groups is 1. The predicted octanol–water partition coefficient (Wildman–Crippen LogP) is 4.18. The normalized spacial score (nSPS) is 19.1. The minimum absolute atomic E-state index is 0.439. The Morgan fingerprint density at radius 3 is 2.45 bits per heavy atom. The Balaban J connectivity index is 1.72. The fourth-order valence-corrected chi connectivity index (χ4v) is 4.24. The summed E-state index contributed by atoms with van der Waals surface area (Å²) in [5, 5.41) is 14.1. The maximum absolute atomic E-state index is 12.5. The lowest BCUT2D eigenvalue weighted by Crippen LogP contribution is -2.50. The molecule has 31 heavy (non-hydrogen) atoms. The van der Waals surface area contributed by atoms with E-state index in [1.165, 1.54) is 11.1 Å². The molecule has 168 valence electrons. The fourth-order valence-electron chi connectivity index (χ4n) is 4.24. The molecule has 1 aliphatic rings. The van der Waals surface area contributed by atoms with Crippen molar-refractivity contribution in [1.82, 2.24) is 10.2 Å². The lowest BCUT2D eigenvalue weighted by Gasteiger charge is -2.31. The van der Waals surface area contributed by atoms with Gasteiger partial charge in [0, 0.05) is 19.6 Å². The molecule has 3 atom stereocenters. The Morgan fingerprint density at radius 2 is 1.77 bits per heavy atom. The second-order valence-corrected chi connectivity index (χ2v) is 9.78. The Morgan fingerprint density at radius 1 is 1.13 bits per heavy atom. The molecule has 2 N–H and O–H groups in total. The first-order chi connectivity index (χ1) is 14.7. The van der Waals surface area contributed by atoms with Gasteiger partial charge in [-0.1, -0.05) is 61.5 Å². The SMILES string of the molecule is CC1Cc2ccccc2CN(C[C@@H](O)[C@H](Cc2ccccc2)NC(=O)OC(C)(C)C)C1. The van der Waals surface area contributed by atoms with Gasteiger partial charge in [0.1, 0.15) is 5.60 Å². The molecule has 3 rings (SSSR count). The number of aliphatic hydroxyl groups excluding tert-OH is 1. The molecule has 5 heteroatoms. The van der Waals surface area contributed by atoms with Crippen LogP contribution in [0.4, 0.5) is 4.79 Å². The predicted molar refractivity (Wildman–Crippen MR) is 124 cm³/mol. The smallest absolute Gasteiger partial charge is 0.407 e. The second-order valence-electron chi connectivity index (χ2n) is 9.78. The second kappa shape index (κ2) is 10.3. The fraction of sp³-hybridized carbons (Fsp3) is 0.500. The molecule has 0 saturated heterocycles. The molecule has 0 saturated carbocycles. The van der Waals surface area contributed by atoms with E-state index in [-0.39, 0.29) is 0 Å². The zero-order chi connectivity index (χ0) is 22.4. The summed E-state index contributed by atoms with van der Waals surface area (Å²) in [6, 6.07) is 18.0. The number of nitrogens with one attached hydrogen (secondary N) is 1. The van der Waals surface area contributed by atoms with Gasteiger partial charge in [-0.2, -0.15) is 0 Å². The monoisotopic (exact) mass is 424 g/mol. The van der Waals surface area contributed by atoms with Crippen LogP contribution in [0.5, 0.6) is 0 Å². The zero-order valence-electron chi connectivity index (χ0n) is 19.2. The van der Waals surface area contributed by atoms with Crippen LogP contribution in [0.1, 0.15) is 44.4 Å². The van der Waals surface area contributed by atoms with Crippen molar-refractivity contribution in [2.75, 3.05) is 13.1 Å². The molecule has 2 aromatic rings. The van der Waals surface area contributed by atoms with Crippen molar-refractivity contribution < 1.29 is 14.6 Å². The highest BCUT2D eigenvalue weighted by molar-refractivity contribution is 5.68. The van der Waals surface area contributed by atoms with Crippen LogP contribution >= 0.6 is 0 Å². The number of amides is 1. The Hall–Kier alpha value is -2.37. The number of ether oxygens (including phenoxy) is 1. The van der Waals surface area contributed by atoms with E-state index in [9.17, 15) is 9.90 Å². The molecule has 1 unspecified atom stereocenters. The van der Waals surface area contributed by atoms with Crippen molar-refractivity contribution in [2.45, 2.75) is 64.8 Å². The Kier molecular flexibility index (Phi) is 7.74. The van der Waals surface area contributed by atoms with Crippen molar-refractivity contribution >= 4 is 6.09 Å². The van der Waals surface area contributed by atoms with E-state index >= 15 is 0 Å². The third kappa shape index (κ3) is 7.37.